The van der Waals surface area contributed by atoms with Gasteiger partial charge in [-0.15, -0.1) is 0 Å². The lowest BCUT2D eigenvalue weighted by molar-refractivity contribution is 0.112. The number of hydrogen-bond donors (Lipinski definition) is 0. The van der Waals surface area contributed by atoms with E-state index in [1.807, 2.05) is 18.2 Å². The maximum atomic E-state index is 10.9. The molecule has 0 radical (unpaired) electrons. The van der Waals surface area contributed by atoms with Crippen LogP contribution in [-0.2, 0) is 6.42 Å². The second-order valence-corrected chi connectivity index (χ2v) is 4.74. The van der Waals surface area contributed by atoms with Crippen LogP contribution in [0.2, 0.25) is 0 Å². The summed E-state index contributed by atoms with van der Waals surface area (Å²) in [6, 6.07) is 5.90. The number of carbonyl (C=O) groups excluding carboxylic acids is 1. The molecule has 0 aliphatic carbocycles. The first-order valence-corrected chi connectivity index (χ1v) is 5.99. The van der Waals surface area contributed by atoms with E-state index in [0.717, 1.165) is 33.8 Å². The van der Waals surface area contributed by atoms with Gasteiger partial charge in [0, 0.05) is 15.4 Å². The summed E-state index contributed by atoms with van der Waals surface area (Å²) < 4.78 is 6.71. The average Bonchev–Trinajstić information content (AvgIpc) is 2.59. The first kappa shape index (κ1) is 10.7. The quantitative estimate of drug-likeness (QED) is 0.637. The molecule has 78 valence electrons. The molecule has 2 rings (SSSR count). The molecule has 0 bridgehead atoms. The molecule has 15 heavy (non-hydrogen) atoms. The summed E-state index contributed by atoms with van der Waals surface area (Å²) in [7, 11) is 0. The Kier molecular flexibility index (Phi) is 3.09. The maximum absolute atomic E-state index is 10.9. The highest BCUT2D eigenvalue weighted by molar-refractivity contribution is 14.1. The van der Waals surface area contributed by atoms with Crippen LogP contribution in [0.1, 0.15) is 29.5 Å². The van der Waals surface area contributed by atoms with Gasteiger partial charge in [0.15, 0.2) is 6.29 Å². The molecular weight excluding hydrogens is 303 g/mol. The number of aryl methyl sites for hydroxylation is 1. The van der Waals surface area contributed by atoms with Crippen LogP contribution in [-0.4, -0.2) is 6.29 Å². The van der Waals surface area contributed by atoms with E-state index < -0.39 is 0 Å². The molecule has 0 saturated carbocycles. The Morgan fingerprint density at radius 1 is 1.40 bits per heavy atom. The van der Waals surface area contributed by atoms with Gasteiger partial charge in [-0.1, -0.05) is 6.92 Å². The topological polar surface area (TPSA) is 30.2 Å². The summed E-state index contributed by atoms with van der Waals surface area (Å²) in [5.74, 6) is 0.956. The maximum Gasteiger partial charge on any atom is 0.153 e. The fourth-order valence-corrected chi connectivity index (χ4v) is 2.32. The van der Waals surface area contributed by atoms with Crippen molar-refractivity contribution in [2.45, 2.75) is 19.8 Å². The number of fused-ring (bicyclic) bond motifs is 1. The van der Waals surface area contributed by atoms with Crippen LogP contribution >= 0.6 is 22.6 Å². The van der Waals surface area contributed by atoms with E-state index in [2.05, 4.69) is 29.5 Å². The van der Waals surface area contributed by atoms with Crippen LogP contribution < -0.4 is 0 Å². The van der Waals surface area contributed by atoms with Crippen molar-refractivity contribution in [1.82, 2.24) is 0 Å². The lowest BCUT2D eigenvalue weighted by Crippen LogP contribution is -1.82. The molecule has 0 amide bonds. The Hall–Kier alpha value is -0.840. The van der Waals surface area contributed by atoms with Gasteiger partial charge in [0.05, 0.1) is 5.56 Å². The Morgan fingerprint density at radius 2 is 2.20 bits per heavy atom. The summed E-state index contributed by atoms with van der Waals surface area (Å²) in [4.78, 5) is 10.9. The van der Waals surface area contributed by atoms with E-state index in [4.69, 9.17) is 4.42 Å². The van der Waals surface area contributed by atoms with Crippen molar-refractivity contribution in [2.24, 2.45) is 0 Å². The minimum atomic E-state index is 0.638. The van der Waals surface area contributed by atoms with Gasteiger partial charge in [-0.25, -0.2) is 0 Å². The van der Waals surface area contributed by atoms with Crippen molar-refractivity contribution in [3.8, 4) is 0 Å². The molecule has 0 saturated heterocycles. The molecule has 0 aliphatic heterocycles. The Balaban J connectivity index is 2.63. The minimum Gasteiger partial charge on any atom is -0.460 e. The lowest BCUT2D eigenvalue weighted by atomic mass is 10.1. The Bertz CT molecular complexity index is 500. The summed E-state index contributed by atoms with van der Waals surface area (Å²) in [6.07, 6.45) is 2.82. The van der Waals surface area contributed by atoms with Gasteiger partial charge in [-0.3, -0.25) is 4.79 Å². The van der Waals surface area contributed by atoms with Crippen LogP contribution in [0.5, 0.6) is 0 Å². The first-order valence-electron chi connectivity index (χ1n) is 4.91. The van der Waals surface area contributed by atoms with Crippen LogP contribution in [0.15, 0.2) is 22.6 Å². The third-order valence-electron chi connectivity index (χ3n) is 2.28. The SMILES string of the molecule is CCCc1cc2cc(I)cc(C=O)c2o1. The number of rotatable bonds is 3. The van der Waals surface area contributed by atoms with Crippen LogP contribution in [0.4, 0.5) is 0 Å². The highest BCUT2D eigenvalue weighted by Gasteiger charge is 2.08. The fraction of sp³-hybridized carbons (Fsp3) is 0.250. The molecular formula is C12H11IO2. The monoisotopic (exact) mass is 314 g/mol. The van der Waals surface area contributed by atoms with E-state index in [1.165, 1.54) is 0 Å². The van der Waals surface area contributed by atoms with E-state index in [-0.39, 0.29) is 0 Å². The van der Waals surface area contributed by atoms with Gasteiger partial charge in [0.25, 0.3) is 0 Å². The molecule has 0 fully saturated rings. The summed E-state index contributed by atoms with van der Waals surface area (Å²) in [5, 5.41) is 1.02. The smallest absolute Gasteiger partial charge is 0.153 e. The fourth-order valence-electron chi connectivity index (χ4n) is 1.65. The van der Waals surface area contributed by atoms with E-state index in [9.17, 15) is 4.79 Å². The van der Waals surface area contributed by atoms with Crippen molar-refractivity contribution < 1.29 is 9.21 Å². The largest absolute Gasteiger partial charge is 0.460 e. The van der Waals surface area contributed by atoms with Gasteiger partial charge in [-0.05, 0) is 47.2 Å². The van der Waals surface area contributed by atoms with Gasteiger partial charge >= 0.3 is 0 Å². The third-order valence-corrected chi connectivity index (χ3v) is 2.91. The number of halogens is 1. The van der Waals surface area contributed by atoms with E-state index in [1.54, 1.807) is 0 Å². The van der Waals surface area contributed by atoms with Crippen LogP contribution in [0, 0.1) is 3.57 Å². The van der Waals surface area contributed by atoms with Gasteiger partial charge in [0.2, 0.25) is 0 Å². The molecule has 0 atom stereocenters. The molecule has 3 heteroatoms. The summed E-state index contributed by atoms with van der Waals surface area (Å²) in [5.41, 5.74) is 1.35. The normalized spacial score (nSPS) is 10.8. The van der Waals surface area contributed by atoms with Gasteiger partial charge < -0.3 is 4.42 Å². The summed E-state index contributed by atoms with van der Waals surface area (Å²) in [6.45, 7) is 2.11. The number of hydrogen-bond acceptors (Lipinski definition) is 2. The molecule has 0 aliphatic rings. The lowest BCUT2D eigenvalue weighted by Gasteiger charge is -1.94. The Labute approximate surface area is 102 Å². The van der Waals surface area contributed by atoms with Crippen LogP contribution in [0.3, 0.4) is 0 Å². The summed E-state index contributed by atoms with van der Waals surface area (Å²) >= 11 is 2.21. The van der Waals surface area contributed by atoms with Gasteiger partial charge in [-0.2, -0.15) is 0 Å². The van der Waals surface area contributed by atoms with Crippen LogP contribution in [0.25, 0.3) is 11.0 Å². The zero-order valence-electron chi connectivity index (χ0n) is 8.42. The van der Waals surface area contributed by atoms with Crippen molar-refractivity contribution in [1.29, 1.82) is 0 Å². The van der Waals surface area contributed by atoms with Crippen molar-refractivity contribution >= 4 is 39.8 Å². The highest BCUT2D eigenvalue weighted by Crippen LogP contribution is 2.25. The molecule has 2 nitrogen and oxygen atoms in total. The molecule has 1 aromatic carbocycles. The van der Waals surface area contributed by atoms with Gasteiger partial charge in [0.1, 0.15) is 11.3 Å². The number of benzene rings is 1. The van der Waals surface area contributed by atoms with Crippen molar-refractivity contribution in [3.05, 3.63) is 33.1 Å². The molecule has 0 spiro atoms. The van der Waals surface area contributed by atoms with Crippen molar-refractivity contribution in [2.75, 3.05) is 0 Å². The second-order valence-electron chi connectivity index (χ2n) is 3.49. The highest BCUT2D eigenvalue weighted by atomic mass is 127. The zero-order chi connectivity index (χ0) is 10.8. The molecule has 2 aromatic rings. The molecule has 0 N–H and O–H groups in total. The average molecular weight is 314 g/mol. The predicted molar refractivity (Wildman–Crippen MR) is 68.3 cm³/mol. The van der Waals surface area contributed by atoms with E-state index in [0.29, 0.717) is 11.1 Å². The molecule has 0 unspecified atom stereocenters. The predicted octanol–water partition coefficient (Wildman–Crippen LogP) is 3.80. The third kappa shape index (κ3) is 2.07. The minimum absolute atomic E-state index is 0.638. The Morgan fingerprint density at radius 3 is 2.87 bits per heavy atom. The zero-order valence-corrected chi connectivity index (χ0v) is 10.6. The number of carbonyl (C=O) groups is 1. The van der Waals surface area contributed by atoms with Crippen molar-refractivity contribution in [3.63, 3.8) is 0 Å². The molecule has 1 heterocycles. The number of furan rings is 1. The molecule has 1 aromatic heterocycles. The first-order chi connectivity index (χ1) is 7.24. The standard InChI is InChI=1S/C12H11IO2/c1-2-3-11-6-8-4-10(13)5-9(7-14)12(8)15-11/h4-7H,2-3H2,1H3. The number of aldehydes is 1. The van der Waals surface area contributed by atoms with E-state index >= 15 is 0 Å². The second kappa shape index (κ2) is 4.35.